The number of amides is 2. The Balaban J connectivity index is 0.00000168. The van der Waals surface area contributed by atoms with Gasteiger partial charge in [-0.3, -0.25) is 9.59 Å². The van der Waals surface area contributed by atoms with Gasteiger partial charge in [0.2, 0.25) is 5.88 Å². The zero-order chi connectivity index (χ0) is 25.2. The second-order valence-electron chi connectivity index (χ2n) is 9.96. The number of benzene rings is 1. The number of halogens is 3. The molecule has 36 heavy (non-hydrogen) atoms. The van der Waals surface area contributed by atoms with Crippen molar-refractivity contribution in [2.24, 2.45) is 23.7 Å². The number of aromatic nitrogens is 1. The molecule has 1 aromatic heterocycles. The summed E-state index contributed by atoms with van der Waals surface area (Å²) in [6, 6.07) is 7.05. The molecule has 0 radical (unpaired) electrons. The van der Waals surface area contributed by atoms with Crippen LogP contribution in [0.2, 0.25) is 0 Å². The van der Waals surface area contributed by atoms with E-state index in [0.717, 1.165) is 11.4 Å². The number of hydrogen-bond acceptors (Lipinski definition) is 7. The molecule has 4 heterocycles. The maximum absolute atomic E-state index is 13.1. The molecule has 12 heteroatoms. The number of ether oxygens (including phenoxy) is 1. The predicted molar refractivity (Wildman–Crippen MR) is 127 cm³/mol. The van der Waals surface area contributed by atoms with Gasteiger partial charge in [0, 0.05) is 46.4 Å². The number of fused-ring (bicyclic) bond motifs is 5. The van der Waals surface area contributed by atoms with Gasteiger partial charge in [-0.15, -0.1) is 5.53 Å². The molecule has 4 atom stereocenters. The van der Waals surface area contributed by atoms with Crippen LogP contribution in [0.5, 0.6) is 5.88 Å². The first-order chi connectivity index (χ1) is 17.2. The predicted octanol–water partition coefficient (Wildman–Crippen LogP) is 3.17. The summed E-state index contributed by atoms with van der Waals surface area (Å²) in [5.41, 5.74) is 11.8. The highest BCUT2D eigenvalue weighted by molar-refractivity contribution is 5.97. The van der Waals surface area contributed by atoms with Crippen LogP contribution in [-0.4, -0.2) is 65.6 Å². The number of carbonyl (C=O) groups excluding carboxylic acids is 2. The molecule has 3 aliphatic heterocycles. The lowest BCUT2D eigenvalue weighted by Crippen LogP contribution is -2.44. The fourth-order valence-electron chi connectivity index (χ4n) is 6.11. The number of nitrogens with zero attached hydrogens (tertiary/aromatic N) is 3. The first-order valence-electron chi connectivity index (χ1n) is 11.8. The molecule has 2 saturated heterocycles. The van der Waals surface area contributed by atoms with E-state index in [1.807, 2.05) is 23.1 Å². The molecule has 0 bridgehead atoms. The van der Waals surface area contributed by atoms with Crippen LogP contribution in [0.1, 0.15) is 29.1 Å². The van der Waals surface area contributed by atoms with Gasteiger partial charge in [0.15, 0.2) is 6.61 Å². The monoisotopic (exact) mass is 506 g/mol. The topological polar surface area (TPSA) is 98.8 Å². The van der Waals surface area contributed by atoms with Gasteiger partial charge >= 0.3 is 6.18 Å². The van der Waals surface area contributed by atoms with Crippen LogP contribution in [0.4, 0.5) is 24.5 Å². The van der Waals surface area contributed by atoms with Crippen molar-refractivity contribution < 1.29 is 30.4 Å². The molecule has 4 aliphatic rings. The molecule has 2 amide bonds. The van der Waals surface area contributed by atoms with Crippen LogP contribution >= 0.6 is 0 Å². The third-order valence-corrected chi connectivity index (χ3v) is 7.81. The SMILES string of the molecule is Cc1cc(C(=O)N2CC3C(C2)[C@@H]2CN(C(=O)c4ccc5c(c4)NNN5)C[C@H]32)cnc1OCC(F)(F)F.[HH].[HH]. The Bertz CT molecular complexity index is 1230. The standard InChI is InChI=1S/C24H25F3N6O3.2H2/c1-12-4-14(6-28-21(12)36-11-24(25,26)27)23(35)33-9-17-15-7-32(8-16(15)18(17)10-33)22(34)13-2-3-19-20(5-13)30-31-29-19;;/h2-6,15-18,29-31H,7-11H2,1H3;2*1H/t15-,16+,17?,18?;;. The summed E-state index contributed by atoms with van der Waals surface area (Å²) in [5.74, 6) is 1.13. The van der Waals surface area contributed by atoms with Gasteiger partial charge in [0.1, 0.15) is 0 Å². The van der Waals surface area contributed by atoms with E-state index in [1.165, 1.54) is 12.3 Å². The summed E-state index contributed by atoms with van der Waals surface area (Å²) in [7, 11) is 0. The minimum absolute atomic E-state index is 0. The van der Waals surface area contributed by atoms with Crippen molar-refractivity contribution in [1.29, 1.82) is 0 Å². The summed E-state index contributed by atoms with van der Waals surface area (Å²) < 4.78 is 42.0. The van der Waals surface area contributed by atoms with Gasteiger partial charge in [-0.2, -0.15) is 13.2 Å². The molecule has 1 aromatic carbocycles. The highest BCUT2D eigenvalue weighted by Gasteiger charge is 2.59. The molecule has 3 N–H and O–H groups in total. The van der Waals surface area contributed by atoms with Crippen molar-refractivity contribution in [3.63, 3.8) is 0 Å². The second-order valence-corrected chi connectivity index (χ2v) is 9.96. The first-order valence-corrected chi connectivity index (χ1v) is 11.8. The lowest BCUT2D eigenvalue weighted by atomic mass is 9.60. The number of hydrogen-bond donors (Lipinski definition) is 3. The van der Waals surface area contributed by atoms with Crippen LogP contribution < -0.4 is 21.1 Å². The van der Waals surface area contributed by atoms with Gasteiger partial charge in [0.05, 0.1) is 16.9 Å². The van der Waals surface area contributed by atoms with Gasteiger partial charge < -0.3 is 25.4 Å². The molecular weight excluding hydrogens is 477 g/mol. The summed E-state index contributed by atoms with van der Waals surface area (Å²) >= 11 is 0. The minimum atomic E-state index is -4.46. The van der Waals surface area contributed by atoms with Gasteiger partial charge in [-0.05, 0) is 54.9 Å². The number of anilines is 2. The molecule has 1 saturated carbocycles. The number of rotatable bonds is 4. The van der Waals surface area contributed by atoms with Gasteiger partial charge in [0.25, 0.3) is 11.8 Å². The van der Waals surface area contributed by atoms with E-state index in [1.54, 1.807) is 11.8 Å². The Morgan fingerprint density at radius 3 is 2.14 bits per heavy atom. The normalized spacial score (nSPS) is 25.9. The lowest BCUT2D eigenvalue weighted by molar-refractivity contribution is -0.154. The third-order valence-electron chi connectivity index (χ3n) is 7.81. The molecule has 0 spiro atoms. The summed E-state index contributed by atoms with van der Waals surface area (Å²) in [4.78, 5) is 33.9. The van der Waals surface area contributed by atoms with E-state index >= 15 is 0 Å². The molecule has 9 nitrogen and oxygen atoms in total. The minimum Gasteiger partial charge on any atom is -0.468 e. The summed E-state index contributed by atoms with van der Waals surface area (Å²) in [5, 5.41) is 0. The van der Waals surface area contributed by atoms with Crippen molar-refractivity contribution in [2.75, 3.05) is 43.6 Å². The first kappa shape index (κ1) is 22.9. The number of aryl methyl sites for hydroxylation is 1. The maximum Gasteiger partial charge on any atom is 0.422 e. The Morgan fingerprint density at radius 1 is 0.972 bits per heavy atom. The largest absolute Gasteiger partial charge is 0.468 e. The van der Waals surface area contributed by atoms with Crippen LogP contribution in [0.25, 0.3) is 0 Å². The Labute approximate surface area is 207 Å². The van der Waals surface area contributed by atoms with Crippen LogP contribution in [0.15, 0.2) is 30.5 Å². The van der Waals surface area contributed by atoms with Crippen LogP contribution in [0.3, 0.4) is 0 Å². The summed E-state index contributed by atoms with van der Waals surface area (Å²) in [6.07, 6.45) is -3.18. The third kappa shape index (κ3) is 3.89. The summed E-state index contributed by atoms with van der Waals surface area (Å²) in [6.45, 7) is 2.72. The fourth-order valence-corrected chi connectivity index (χ4v) is 6.11. The number of pyridine rings is 1. The number of likely N-dealkylation sites (tertiary alicyclic amines) is 2. The van der Waals surface area contributed by atoms with Gasteiger partial charge in [-0.1, -0.05) is 0 Å². The van der Waals surface area contributed by atoms with Crippen LogP contribution in [0, 0.1) is 30.6 Å². The van der Waals surface area contributed by atoms with Crippen molar-refractivity contribution in [2.45, 2.75) is 13.1 Å². The van der Waals surface area contributed by atoms with E-state index in [9.17, 15) is 22.8 Å². The molecule has 2 unspecified atom stereocenters. The Kier molecular flexibility index (Phi) is 5.25. The zero-order valence-electron chi connectivity index (χ0n) is 19.4. The Morgan fingerprint density at radius 2 is 1.56 bits per heavy atom. The number of carbonyl (C=O) groups is 2. The second kappa shape index (κ2) is 8.26. The molecule has 2 aromatic rings. The molecular formula is C24H29F3N6O3. The fraction of sp³-hybridized carbons (Fsp3) is 0.458. The smallest absolute Gasteiger partial charge is 0.422 e. The highest BCUT2D eigenvalue weighted by Crippen LogP contribution is 2.54. The van der Waals surface area contributed by atoms with E-state index in [4.69, 9.17) is 4.74 Å². The molecule has 6 rings (SSSR count). The average Bonchev–Trinajstić information content (AvgIpc) is 3.55. The Hall–Kier alpha value is -3.54. The van der Waals surface area contributed by atoms with Crippen molar-refractivity contribution in [3.8, 4) is 5.88 Å². The zero-order valence-corrected chi connectivity index (χ0v) is 19.4. The van der Waals surface area contributed by atoms with Crippen molar-refractivity contribution >= 4 is 23.2 Å². The molecule has 3 fully saturated rings. The quantitative estimate of drug-likeness (QED) is 0.586. The lowest BCUT2D eigenvalue weighted by Gasteiger charge is -2.42. The van der Waals surface area contributed by atoms with Gasteiger partial charge in [-0.25, -0.2) is 4.98 Å². The highest BCUT2D eigenvalue weighted by atomic mass is 19.4. The van der Waals surface area contributed by atoms with Crippen molar-refractivity contribution in [1.82, 2.24) is 20.3 Å². The average molecular weight is 507 g/mol. The van der Waals surface area contributed by atoms with Crippen LogP contribution in [-0.2, 0) is 0 Å². The molecule has 194 valence electrons. The van der Waals surface area contributed by atoms with Crippen molar-refractivity contribution in [3.05, 3.63) is 47.2 Å². The van der Waals surface area contributed by atoms with E-state index in [-0.39, 0.29) is 20.5 Å². The number of hydrazine groups is 2. The molecule has 1 aliphatic carbocycles. The maximum atomic E-state index is 13.1. The van der Waals surface area contributed by atoms with E-state index in [0.29, 0.717) is 66.5 Å². The number of nitrogens with one attached hydrogen (secondary N) is 3. The number of alkyl halides is 3. The van der Waals surface area contributed by atoms with E-state index in [2.05, 4.69) is 21.4 Å². The van der Waals surface area contributed by atoms with E-state index < -0.39 is 12.8 Å².